The molecule has 0 atom stereocenters. The fourth-order valence-electron chi connectivity index (χ4n) is 2.76. The van der Waals surface area contributed by atoms with Crippen molar-refractivity contribution >= 4 is 24.0 Å². The second-order valence-electron chi connectivity index (χ2n) is 5.23. The van der Waals surface area contributed by atoms with Crippen LogP contribution in [0.5, 0.6) is 0 Å². The topological polar surface area (TPSA) is 51.8 Å². The number of fused-ring (bicyclic) bond motifs is 1. The van der Waals surface area contributed by atoms with E-state index in [0.29, 0.717) is 6.54 Å². The number of benzene rings is 1. The van der Waals surface area contributed by atoms with Crippen LogP contribution in [0.15, 0.2) is 24.3 Å². The van der Waals surface area contributed by atoms with Crippen molar-refractivity contribution < 1.29 is 0 Å². The van der Waals surface area contributed by atoms with Gasteiger partial charge >= 0.3 is 0 Å². The summed E-state index contributed by atoms with van der Waals surface area (Å²) in [5.74, 6) is 0.869. The van der Waals surface area contributed by atoms with E-state index in [1.54, 1.807) is 0 Å². The van der Waals surface area contributed by atoms with E-state index in [1.807, 2.05) is 24.3 Å². The van der Waals surface area contributed by atoms with Gasteiger partial charge in [-0.25, -0.2) is 9.97 Å². The van der Waals surface area contributed by atoms with Crippen molar-refractivity contribution in [2.24, 2.45) is 5.73 Å². The Labute approximate surface area is 136 Å². The second-order valence-corrected chi connectivity index (χ2v) is 5.66. The first-order chi connectivity index (χ1) is 9.76. The lowest BCUT2D eigenvalue weighted by Gasteiger charge is -2.18. The molecule has 2 N–H and O–H groups in total. The molecule has 1 aliphatic carbocycles. The third kappa shape index (κ3) is 3.73. The molecule has 0 aliphatic heterocycles. The molecule has 3 rings (SSSR count). The van der Waals surface area contributed by atoms with Crippen molar-refractivity contribution in [2.45, 2.75) is 38.6 Å². The molecule has 0 amide bonds. The fraction of sp³-hybridized carbons (Fsp3) is 0.375. The van der Waals surface area contributed by atoms with Gasteiger partial charge in [0.25, 0.3) is 0 Å². The minimum absolute atomic E-state index is 0. The summed E-state index contributed by atoms with van der Waals surface area (Å²) in [7, 11) is 0. The number of halogens is 2. The molecule has 0 unspecified atom stereocenters. The minimum Gasteiger partial charge on any atom is -0.325 e. The molecule has 2 aromatic rings. The summed E-state index contributed by atoms with van der Waals surface area (Å²) < 4.78 is 0. The number of rotatable bonds is 3. The number of aromatic nitrogens is 2. The van der Waals surface area contributed by atoms with Crippen LogP contribution in [0, 0.1) is 0 Å². The van der Waals surface area contributed by atoms with Crippen molar-refractivity contribution in [1.82, 2.24) is 9.97 Å². The molecule has 21 heavy (non-hydrogen) atoms. The van der Waals surface area contributed by atoms with E-state index < -0.39 is 0 Å². The molecule has 1 aliphatic rings. The van der Waals surface area contributed by atoms with E-state index in [1.165, 1.54) is 29.7 Å². The molecule has 0 saturated heterocycles. The van der Waals surface area contributed by atoms with Gasteiger partial charge in [-0.1, -0.05) is 23.7 Å². The van der Waals surface area contributed by atoms with Gasteiger partial charge in [-0.3, -0.25) is 0 Å². The molecule has 1 aromatic carbocycles. The molecule has 5 heteroatoms. The Morgan fingerprint density at radius 1 is 1.05 bits per heavy atom. The zero-order valence-corrected chi connectivity index (χ0v) is 13.4. The highest BCUT2D eigenvalue weighted by Crippen LogP contribution is 2.23. The first-order valence-corrected chi connectivity index (χ1v) is 7.46. The van der Waals surface area contributed by atoms with E-state index in [2.05, 4.69) is 4.98 Å². The number of aryl methyl sites for hydroxylation is 1. The number of hydrogen-bond acceptors (Lipinski definition) is 3. The molecule has 0 saturated carbocycles. The lowest BCUT2D eigenvalue weighted by atomic mass is 9.94. The van der Waals surface area contributed by atoms with Crippen LogP contribution in [0.1, 0.15) is 41.2 Å². The summed E-state index contributed by atoms with van der Waals surface area (Å²) >= 11 is 5.91. The number of nitrogens with zero attached hydrogens (tertiary/aromatic N) is 2. The molecule has 1 heterocycles. The monoisotopic (exact) mass is 323 g/mol. The molecule has 112 valence electrons. The quantitative estimate of drug-likeness (QED) is 0.940. The highest BCUT2D eigenvalue weighted by atomic mass is 35.5. The first kappa shape index (κ1) is 16.2. The smallest absolute Gasteiger partial charge is 0.133 e. The first-order valence-electron chi connectivity index (χ1n) is 7.08. The third-order valence-corrected chi connectivity index (χ3v) is 4.04. The van der Waals surface area contributed by atoms with Crippen molar-refractivity contribution in [2.75, 3.05) is 0 Å². The van der Waals surface area contributed by atoms with Crippen molar-refractivity contribution in [3.05, 3.63) is 57.6 Å². The van der Waals surface area contributed by atoms with Crippen LogP contribution in [0.2, 0.25) is 5.02 Å². The predicted octanol–water partition coefficient (Wildman–Crippen LogP) is 3.48. The molecular formula is C16H19Cl2N3. The van der Waals surface area contributed by atoms with E-state index >= 15 is 0 Å². The van der Waals surface area contributed by atoms with E-state index in [4.69, 9.17) is 22.3 Å². The highest BCUT2D eigenvalue weighted by molar-refractivity contribution is 6.30. The van der Waals surface area contributed by atoms with Gasteiger partial charge in [0, 0.05) is 23.7 Å². The summed E-state index contributed by atoms with van der Waals surface area (Å²) in [6.07, 6.45) is 5.30. The van der Waals surface area contributed by atoms with Crippen molar-refractivity contribution in [1.29, 1.82) is 0 Å². The number of hydrogen-bond donors (Lipinski definition) is 1. The predicted molar refractivity (Wildman–Crippen MR) is 88.1 cm³/mol. The van der Waals surface area contributed by atoms with Gasteiger partial charge in [-0.2, -0.15) is 0 Å². The maximum Gasteiger partial charge on any atom is 0.133 e. The largest absolute Gasteiger partial charge is 0.325 e. The summed E-state index contributed by atoms with van der Waals surface area (Å²) in [5, 5.41) is 0.753. The normalized spacial score (nSPS) is 13.4. The van der Waals surface area contributed by atoms with Gasteiger partial charge in [-0.15, -0.1) is 12.4 Å². The van der Waals surface area contributed by atoms with Gasteiger partial charge in [0.2, 0.25) is 0 Å². The second kappa shape index (κ2) is 7.21. The van der Waals surface area contributed by atoms with Crippen LogP contribution in [0.25, 0.3) is 0 Å². The molecule has 0 fully saturated rings. The lowest BCUT2D eigenvalue weighted by Crippen LogP contribution is -2.16. The van der Waals surface area contributed by atoms with E-state index in [0.717, 1.165) is 35.8 Å². The van der Waals surface area contributed by atoms with Gasteiger partial charge in [0.1, 0.15) is 5.82 Å². The van der Waals surface area contributed by atoms with Gasteiger partial charge < -0.3 is 5.73 Å². The lowest BCUT2D eigenvalue weighted by molar-refractivity contribution is 0.643. The van der Waals surface area contributed by atoms with Gasteiger partial charge in [-0.05, 0) is 48.9 Å². The van der Waals surface area contributed by atoms with Gasteiger partial charge in [0.15, 0.2) is 0 Å². The van der Waals surface area contributed by atoms with Crippen molar-refractivity contribution in [3.63, 3.8) is 0 Å². The fourth-order valence-corrected chi connectivity index (χ4v) is 2.89. The van der Waals surface area contributed by atoms with Crippen LogP contribution in [-0.4, -0.2) is 9.97 Å². The Morgan fingerprint density at radius 2 is 1.76 bits per heavy atom. The molecule has 0 spiro atoms. The average Bonchev–Trinajstić information content (AvgIpc) is 2.49. The molecule has 0 bridgehead atoms. The SMILES string of the molecule is Cl.NCc1nc(Cc2ccc(Cl)cc2)nc2c1CCCC2. The average molecular weight is 324 g/mol. The zero-order valence-electron chi connectivity index (χ0n) is 11.8. The molecule has 3 nitrogen and oxygen atoms in total. The van der Waals surface area contributed by atoms with Crippen LogP contribution < -0.4 is 5.73 Å². The summed E-state index contributed by atoms with van der Waals surface area (Å²) in [4.78, 5) is 9.39. The number of nitrogens with two attached hydrogens (primary N) is 1. The third-order valence-electron chi connectivity index (χ3n) is 3.78. The molecule has 0 radical (unpaired) electrons. The summed E-state index contributed by atoms with van der Waals surface area (Å²) in [6, 6.07) is 7.85. The van der Waals surface area contributed by atoms with Crippen molar-refractivity contribution in [3.8, 4) is 0 Å². The summed E-state index contributed by atoms with van der Waals surface area (Å²) in [6.45, 7) is 0.498. The maximum atomic E-state index is 5.91. The Hall–Kier alpha value is -1.16. The maximum absolute atomic E-state index is 5.91. The Kier molecular flexibility index (Phi) is 5.57. The minimum atomic E-state index is 0. The Bertz CT molecular complexity index is 594. The van der Waals surface area contributed by atoms with Crippen LogP contribution >= 0.6 is 24.0 Å². The van der Waals surface area contributed by atoms with Crippen LogP contribution in [-0.2, 0) is 25.8 Å². The molecular weight excluding hydrogens is 305 g/mol. The highest BCUT2D eigenvalue weighted by Gasteiger charge is 2.16. The van der Waals surface area contributed by atoms with Crippen LogP contribution in [0.3, 0.4) is 0 Å². The van der Waals surface area contributed by atoms with E-state index in [9.17, 15) is 0 Å². The molecule has 1 aromatic heterocycles. The van der Waals surface area contributed by atoms with Crippen LogP contribution in [0.4, 0.5) is 0 Å². The van der Waals surface area contributed by atoms with E-state index in [-0.39, 0.29) is 12.4 Å². The summed E-state index contributed by atoms with van der Waals surface area (Å²) in [5.41, 5.74) is 10.5. The Balaban J connectivity index is 0.00000161. The van der Waals surface area contributed by atoms with Gasteiger partial charge in [0.05, 0.1) is 5.69 Å². The Morgan fingerprint density at radius 3 is 2.48 bits per heavy atom. The standard InChI is InChI=1S/C16H18ClN3.ClH/c17-12-7-5-11(6-8-12)9-16-19-14-4-2-1-3-13(14)15(10-18)20-16;/h5-8H,1-4,9-10,18H2;1H. The zero-order chi connectivity index (χ0) is 13.9.